The van der Waals surface area contributed by atoms with Crippen LogP contribution in [0, 0.1) is 0 Å². The summed E-state index contributed by atoms with van der Waals surface area (Å²) in [7, 11) is 0. The predicted octanol–water partition coefficient (Wildman–Crippen LogP) is -1.10. The lowest BCUT2D eigenvalue weighted by Crippen LogP contribution is -2.42. The van der Waals surface area contributed by atoms with Crippen molar-refractivity contribution in [3.63, 3.8) is 0 Å². The SMILES string of the molecule is NCC(c1ccc2c(c1)OCO2)C1NNNN1. The van der Waals surface area contributed by atoms with Crippen LogP contribution in [0.4, 0.5) is 0 Å². The zero-order valence-corrected chi connectivity index (χ0v) is 9.19. The standard InChI is InChI=1S/C10H15N5O2/c11-4-7(10-12-14-15-13-10)6-1-2-8-9(3-6)17-5-16-8/h1-3,7,10,12-15H,4-5,11H2. The third-order valence-electron chi connectivity index (χ3n) is 3.00. The summed E-state index contributed by atoms with van der Waals surface area (Å²) >= 11 is 0. The van der Waals surface area contributed by atoms with Crippen LogP contribution in [-0.2, 0) is 0 Å². The minimum absolute atomic E-state index is 0.0281. The van der Waals surface area contributed by atoms with Gasteiger partial charge in [-0.1, -0.05) is 6.07 Å². The summed E-state index contributed by atoms with van der Waals surface area (Å²) in [6, 6.07) is 5.89. The van der Waals surface area contributed by atoms with Crippen molar-refractivity contribution in [1.82, 2.24) is 21.9 Å². The summed E-state index contributed by atoms with van der Waals surface area (Å²) in [5.41, 5.74) is 18.6. The summed E-state index contributed by atoms with van der Waals surface area (Å²) in [5.74, 6) is 1.69. The van der Waals surface area contributed by atoms with Gasteiger partial charge in [-0.15, -0.1) is 0 Å². The normalized spacial score (nSPS) is 20.8. The molecule has 7 nitrogen and oxygen atoms in total. The van der Waals surface area contributed by atoms with E-state index in [1.54, 1.807) is 0 Å². The van der Waals surface area contributed by atoms with Gasteiger partial charge in [0.15, 0.2) is 11.5 Å². The van der Waals surface area contributed by atoms with Gasteiger partial charge in [0.1, 0.15) is 0 Å². The van der Waals surface area contributed by atoms with E-state index in [1.807, 2.05) is 18.2 Å². The second-order valence-electron chi connectivity index (χ2n) is 3.97. The molecule has 17 heavy (non-hydrogen) atoms. The third kappa shape index (κ3) is 1.94. The molecule has 0 spiro atoms. The van der Waals surface area contributed by atoms with Crippen molar-refractivity contribution >= 4 is 0 Å². The maximum atomic E-state index is 5.82. The van der Waals surface area contributed by atoms with E-state index in [0.29, 0.717) is 6.54 Å². The van der Waals surface area contributed by atoms with E-state index >= 15 is 0 Å². The Kier molecular flexibility index (Phi) is 2.83. The smallest absolute Gasteiger partial charge is 0.231 e. The molecule has 1 aromatic rings. The molecule has 0 amide bonds. The minimum Gasteiger partial charge on any atom is -0.454 e. The van der Waals surface area contributed by atoms with Gasteiger partial charge in [0.2, 0.25) is 6.79 Å². The monoisotopic (exact) mass is 237 g/mol. The quantitative estimate of drug-likeness (QED) is 0.456. The Morgan fingerprint density at radius 3 is 2.76 bits per heavy atom. The number of hydrogen-bond donors (Lipinski definition) is 5. The van der Waals surface area contributed by atoms with Gasteiger partial charge < -0.3 is 15.2 Å². The van der Waals surface area contributed by atoms with Crippen LogP contribution in [0.3, 0.4) is 0 Å². The Hall–Kier alpha value is -1.38. The molecule has 1 atom stereocenters. The van der Waals surface area contributed by atoms with E-state index in [4.69, 9.17) is 15.2 Å². The molecule has 0 radical (unpaired) electrons. The summed E-state index contributed by atoms with van der Waals surface area (Å²) in [6.07, 6.45) is 0.0281. The fraction of sp³-hybridized carbons (Fsp3) is 0.400. The number of hydrogen-bond acceptors (Lipinski definition) is 7. The van der Waals surface area contributed by atoms with E-state index in [1.165, 1.54) is 0 Å². The summed E-state index contributed by atoms with van der Waals surface area (Å²) in [6.45, 7) is 0.808. The van der Waals surface area contributed by atoms with Crippen LogP contribution < -0.4 is 37.1 Å². The van der Waals surface area contributed by atoms with Crippen LogP contribution in [0.5, 0.6) is 11.5 Å². The second-order valence-corrected chi connectivity index (χ2v) is 3.97. The molecule has 0 aliphatic carbocycles. The van der Waals surface area contributed by atoms with E-state index in [9.17, 15) is 0 Å². The first-order chi connectivity index (χ1) is 8.38. The summed E-state index contributed by atoms with van der Waals surface area (Å²) < 4.78 is 10.6. The second kappa shape index (κ2) is 4.47. The van der Waals surface area contributed by atoms with E-state index in [0.717, 1.165) is 17.1 Å². The molecule has 3 rings (SSSR count). The predicted molar refractivity (Wildman–Crippen MR) is 60.7 cm³/mol. The minimum atomic E-state index is 0.0281. The molecule has 0 bridgehead atoms. The highest BCUT2D eigenvalue weighted by Gasteiger charge is 2.26. The number of ether oxygens (including phenoxy) is 2. The van der Waals surface area contributed by atoms with Crippen molar-refractivity contribution in [2.24, 2.45) is 5.73 Å². The van der Waals surface area contributed by atoms with Gasteiger partial charge in [0.05, 0.1) is 6.17 Å². The van der Waals surface area contributed by atoms with Gasteiger partial charge in [-0.25, -0.2) is 10.9 Å². The first kappa shape index (κ1) is 10.8. The molecule has 0 aromatic heterocycles. The molecule has 2 heterocycles. The number of rotatable bonds is 3. The number of nitrogens with one attached hydrogen (secondary N) is 4. The van der Waals surface area contributed by atoms with Crippen molar-refractivity contribution < 1.29 is 9.47 Å². The first-order valence-electron chi connectivity index (χ1n) is 5.49. The maximum Gasteiger partial charge on any atom is 0.231 e. The van der Waals surface area contributed by atoms with Gasteiger partial charge in [-0.3, -0.25) is 0 Å². The zero-order chi connectivity index (χ0) is 11.7. The number of nitrogens with two attached hydrogens (primary N) is 1. The van der Waals surface area contributed by atoms with Crippen molar-refractivity contribution in [3.8, 4) is 11.5 Å². The van der Waals surface area contributed by atoms with Gasteiger partial charge in [0, 0.05) is 12.5 Å². The highest BCUT2D eigenvalue weighted by Crippen LogP contribution is 2.34. The van der Waals surface area contributed by atoms with Gasteiger partial charge in [-0.05, 0) is 17.7 Å². The largest absolute Gasteiger partial charge is 0.454 e. The van der Waals surface area contributed by atoms with Gasteiger partial charge in [-0.2, -0.15) is 11.1 Å². The van der Waals surface area contributed by atoms with Gasteiger partial charge >= 0.3 is 0 Å². The summed E-state index contributed by atoms with van der Waals surface area (Å²) in [4.78, 5) is 0. The first-order valence-corrected chi connectivity index (χ1v) is 5.49. The summed E-state index contributed by atoms with van der Waals surface area (Å²) in [5, 5.41) is 0. The third-order valence-corrected chi connectivity index (χ3v) is 3.00. The molecule has 7 heteroatoms. The van der Waals surface area contributed by atoms with Crippen LogP contribution in [0.15, 0.2) is 18.2 Å². The highest BCUT2D eigenvalue weighted by atomic mass is 16.7. The maximum absolute atomic E-state index is 5.82. The average molecular weight is 237 g/mol. The zero-order valence-electron chi connectivity index (χ0n) is 9.19. The van der Waals surface area contributed by atoms with Crippen LogP contribution in [0.1, 0.15) is 11.5 Å². The van der Waals surface area contributed by atoms with E-state index in [2.05, 4.69) is 21.9 Å². The number of benzene rings is 1. The number of fused-ring (bicyclic) bond motifs is 1. The molecule has 6 N–H and O–H groups in total. The molecule has 0 saturated carbocycles. The van der Waals surface area contributed by atoms with Crippen LogP contribution >= 0.6 is 0 Å². The molecular formula is C10H15N5O2. The highest BCUT2D eigenvalue weighted by molar-refractivity contribution is 5.45. The lowest BCUT2D eigenvalue weighted by atomic mass is 9.96. The Labute approximate surface area is 98.6 Å². The fourth-order valence-corrected chi connectivity index (χ4v) is 2.07. The van der Waals surface area contributed by atoms with Gasteiger partial charge in [0.25, 0.3) is 0 Å². The van der Waals surface area contributed by atoms with E-state index < -0.39 is 0 Å². The lowest BCUT2D eigenvalue weighted by molar-refractivity contribution is 0.174. The average Bonchev–Trinajstić information content (AvgIpc) is 2.99. The Morgan fingerprint density at radius 1 is 1.24 bits per heavy atom. The molecular weight excluding hydrogens is 222 g/mol. The Balaban J connectivity index is 1.85. The molecule has 92 valence electrons. The molecule has 1 fully saturated rings. The molecule has 2 aliphatic heterocycles. The van der Waals surface area contributed by atoms with Crippen molar-refractivity contribution in [2.45, 2.75) is 12.1 Å². The fourth-order valence-electron chi connectivity index (χ4n) is 2.07. The van der Waals surface area contributed by atoms with Crippen LogP contribution in [-0.4, -0.2) is 19.5 Å². The molecule has 2 aliphatic rings. The van der Waals surface area contributed by atoms with E-state index in [-0.39, 0.29) is 18.9 Å². The number of hydrazine groups is 3. The van der Waals surface area contributed by atoms with Crippen molar-refractivity contribution in [2.75, 3.05) is 13.3 Å². The van der Waals surface area contributed by atoms with Crippen LogP contribution in [0.2, 0.25) is 0 Å². The topological polar surface area (TPSA) is 92.6 Å². The molecule has 1 unspecified atom stereocenters. The van der Waals surface area contributed by atoms with Crippen LogP contribution in [0.25, 0.3) is 0 Å². The lowest BCUT2D eigenvalue weighted by Gasteiger charge is -2.21. The molecule has 1 aromatic carbocycles. The Bertz CT molecular complexity index is 408. The molecule has 1 saturated heterocycles. The van der Waals surface area contributed by atoms with Crippen molar-refractivity contribution in [1.29, 1.82) is 0 Å². The Morgan fingerprint density at radius 2 is 2.00 bits per heavy atom. The van der Waals surface area contributed by atoms with Crippen molar-refractivity contribution in [3.05, 3.63) is 23.8 Å².